The van der Waals surface area contributed by atoms with Crippen LogP contribution in [0.15, 0.2) is 0 Å². The maximum Gasteiger partial charge on any atom is 0.141 e. The molecule has 0 aliphatic heterocycles. The van der Waals surface area contributed by atoms with Crippen LogP contribution in [0, 0.1) is 0 Å². The van der Waals surface area contributed by atoms with Gasteiger partial charge in [-0.25, -0.2) is 0 Å². The zero-order valence-electron chi connectivity index (χ0n) is 2.28. The third-order valence-electron chi connectivity index (χ3n) is 0.0976. The molecule has 5 heavy (non-hydrogen) atoms. The number of halogens is 2. The smallest absolute Gasteiger partial charge is 0.141 e. The first kappa shape index (κ1) is 5.88. The fraction of sp³-hybridized carbons (Fsp3) is 1.00. The Labute approximate surface area is 46.8 Å². The summed E-state index contributed by atoms with van der Waals surface area (Å²) in [5.74, 6) is 0. The lowest BCUT2D eigenvalue weighted by Crippen LogP contribution is -2.09. The van der Waals surface area contributed by atoms with Gasteiger partial charge in [0.2, 0.25) is 0 Å². The van der Waals surface area contributed by atoms with Gasteiger partial charge >= 0.3 is 0 Å². The van der Waals surface area contributed by atoms with E-state index >= 15 is 0 Å². The number of rotatable bonds is 1. The van der Waals surface area contributed by atoms with E-state index in [1.165, 1.54) is 0 Å². The van der Waals surface area contributed by atoms with Gasteiger partial charge in [0.25, 0.3) is 0 Å². The predicted octanol–water partition coefficient (Wildman–Crippen LogP) is 1.04. The molecule has 2 nitrogen and oxygen atoms in total. The monoisotopic (exact) mass is 203 g/mol. The second-order valence-corrected chi connectivity index (χ2v) is 3.49. The molecule has 32 valence electrons. The fourth-order valence-corrected chi connectivity index (χ4v) is 0. The Hall–Kier alpha value is 0.880. The molecule has 0 aliphatic carbocycles. The molecule has 0 aromatic carbocycles. The SMILES string of the molecule is ONC(Br)Br. The minimum atomic E-state index is -0.185. The van der Waals surface area contributed by atoms with E-state index in [0.717, 1.165) is 0 Å². The number of hydrogen-bond acceptors (Lipinski definition) is 2. The van der Waals surface area contributed by atoms with Gasteiger partial charge in [0, 0.05) is 0 Å². The summed E-state index contributed by atoms with van der Waals surface area (Å²) in [6, 6.07) is 0. The van der Waals surface area contributed by atoms with Crippen LogP contribution in [0.2, 0.25) is 0 Å². The van der Waals surface area contributed by atoms with Gasteiger partial charge in [-0.3, -0.25) is 0 Å². The highest BCUT2D eigenvalue weighted by atomic mass is 79.9. The molecule has 0 saturated heterocycles. The second kappa shape index (κ2) is 3.08. The molecule has 0 aromatic rings. The van der Waals surface area contributed by atoms with E-state index in [4.69, 9.17) is 5.21 Å². The van der Waals surface area contributed by atoms with Gasteiger partial charge in [0.05, 0.1) is 0 Å². The topological polar surface area (TPSA) is 32.3 Å². The van der Waals surface area contributed by atoms with Crippen LogP contribution in [0.25, 0.3) is 0 Å². The van der Waals surface area contributed by atoms with E-state index < -0.39 is 0 Å². The maximum absolute atomic E-state index is 7.80. The van der Waals surface area contributed by atoms with Gasteiger partial charge in [-0.1, -0.05) is 31.9 Å². The molecule has 0 heterocycles. The lowest BCUT2D eigenvalue weighted by molar-refractivity contribution is 0.183. The van der Waals surface area contributed by atoms with Crippen molar-refractivity contribution >= 4 is 31.9 Å². The van der Waals surface area contributed by atoms with Crippen LogP contribution in [0.1, 0.15) is 0 Å². The van der Waals surface area contributed by atoms with Crippen LogP contribution in [0.5, 0.6) is 0 Å². The van der Waals surface area contributed by atoms with Crippen LogP contribution in [-0.2, 0) is 0 Å². The molecule has 0 radical (unpaired) electrons. The fourth-order valence-electron chi connectivity index (χ4n) is 0. The minimum absolute atomic E-state index is 0.185. The molecule has 2 N–H and O–H groups in total. The summed E-state index contributed by atoms with van der Waals surface area (Å²) in [4.78, 5) is 0. The van der Waals surface area contributed by atoms with E-state index in [2.05, 4.69) is 31.9 Å². The second-order valence-electron chi connectivity index (χ2n) is 0.430. The van der Waals surface area contributed by atoms with E-state index in [1.54, 1.807) is 0 Å². The van der Waals surface area contributed by atoms with Crippen LogP contribution in [0.3, 0.4) is 0 Å². The molecular weight excluding hydrogens is 202 g/mol. The Morgan fingerprint density at radius 2 is 1.80 bits per heavy atom. The summed E-state index contributed by atoms with van der Waals surface area (Å²) in [5.41, 5.74) is 1.86. The average Bonchev–Trinajstić information content (AvgIpc) is 1.38. The van der Waals surface area contributed by atoms with Crippen molar-refractivity contribution in [3.05, 3.63) is 0 Å². The van der Waals surface area contributed by atoms with Crippen molar-refractivity contribution in [3.8, 4) is 0 Å². The Morgan fingerprint density at radius 3 is 1.80 bits per heavy atom. The number of hydrogen-bond donors (Lipinski definition) is 2. The molecule has 0 rings (SSSR count). The first-order valence-electron chi connectivity index (χ1n) is 0.949. The maximum atomic E-state index is 7.80. The molecule has 0 aromatic heterocycles. The number of nitrogens with one attached hydrogen (secondary N) is 1. The van der Waals surface area contributed by atoms with Crippen molar-refractivity contribution in [1.29, 1.82) is 0 Å². The molecule has 0 spiro atoms. The molecule has 0 atom stereocenters. The highest BCUT2D eigenvalue weighted by Gasteiger charge is 1.84. The van der Waals surface area contributed by atoms with E-state index in [9.17, 15) is 0 Å². The summed E-state index contributed by atoms with van der Waals surface area (Å²) in [7, 11) is 0. The molecule has 0 fully saturated rings. The Bertz CT molecular complexity index is 23.6. The van der Waals surface area contributed by atoms with Crippen molar-refractivity contribution in [2.45, 2.75) is 3.86 Å². The van der Waals surface area contributed by atoms with Crippen molar-refractivity contribution in [1.82, 2.24) is 5.48 Å². The zero-order chi connectivity index (χ0) is 4.28. The summed E-state index contributed by atoms with van der Waals surface area (Å²) in [6.45, 7) is 0. The summed E-state index contributed by atoms with van der Waals surface area (Å²) in [6.07, 6.45) is 0. The number of hydroxylamine groups is 1. The lowest BCUT2D eigenvalue weighted by atomic mass is 11.5. The lowest BCUT2D eigenvalue weighted by Gasteiger charge is -1.89. The van der Waals surface area contributed by atoms with Crippen molar-refractivity contribution < 1.29 is 5.21 Å². The van der Waals surface area contributed by atoms with Gasteiger partial charge in [0.15, 0.2) is 0 Å². The highest BCUT2D eigenvalue weighted by Crippen LogP contribution is 1.99. The quantitative estimate of drug-likeness (QED) is 0.380. The largest absolute Gasteiger partial charge is 0.315 e. The van der Waals surface area contributed by atoms with Gasteiger partial charge in [-0.2, -0.15) is 5.48 Å². The average molecular weight is 205 g/mol. The Morgan fingerprint density at radius 1 is 1.60 bits per heavy atom. The summed E-state index contributed by atoms with van der Waals surface area (Å²) in [5, 5.41) is 7.80. The third kappa shape index (κ3) is 4.88. The van der Waals surface area contributed by atoms with E-state index in [-0.39, 0.29) is 3.86 Å². The van der Waals surface area contributed by atoms with Crippen molar-refractivity contribution in [3.63, 3.8) is 0 Å². The zero-order valence-corrected chi connectivity index (χ0v) is 5.45. The van der Waals surface area contributed by atoms with Crippen LogP contribution in [-0.4, -0.2) is 9.07 Å². The minimum Gasteiger partial charge on any atom is -0.315 e. The van der Waals surface area contributed by atoms with E-state index in [0.29, 0.717) is 0 Å². The highest BCUT2D eigenvalue weighted by molar-refractivity contribution is 9.24. The number of alkyl halides is 2. The van der Waals surface area contributed by atoms with E-state index in [1.807, 2.05) is 5.48 Å². The normalized spacial score (nSPS) is 9.60. The predicted molar refractivity (Wildman–Crippen MR) is 26.6 cm³/mol. The molecule has 0 aliphatic rings. The van der Waals surface area contributed by atoms with Crippen LogP contribution in [0.4, 0.5) is 0 Å². The Kier molecular flexibility index (Phi) is 3.63. The van der Waals surface area contributed by atoms with Crippen molar-refractivity contribution in [2.75, 3.05) is 0 Å². The van der Waals surface area contributed by atoms with Gasteiger partial charge in [0.1, 0.15) is 3.86 Å². The molecule has 4 heteroatoms. The molecule has 0 unspecified atom stereocenters. The molecule has 0 saturated carbocycles. The van der Waals surface area contributed by atoms with Gasteiger partial charge < -0.3 is 5.21 Å². The Balaban J connectivity index is 2.54. The van der Waals surface area contributed by atoms with Crippen molar-refractivity contribution in [2.24, 2.45) is 0 Å². The summed E-state index contributed by atoms with van der Waals surface area (Å²) >= 11 is 5.86. The standard InChI is InChI=1S/CH3Br2NO/c2-1(3)4-5/h1,4-5H. The van der Waals surface area contributed by atoms with Gasteiger partial charge in [-0.05, 0) is 0 Å². The molecular formula is CH3Br2NO. The third-order valence-corrected chi connectivity index (χ3v) is 0.507. The first-order chi connectivity index (χ1) is 2.27. The van der Waals surface area contributed by atoms with Crippen LogP contribution >= 0.6 is 31.9 Å². The molecule has 0 amide bonds. The van der Waals surface area contributed by atoms with Gasteiger partial charge in [-0.15, -0.1) is 0 Å². The summed E-state index contributed by atoms with van der Waals surface area (Å²) < 4.78 is -0.185. The first-order valence-corrected chi connectivity index (χ1v) is 2.78. The van der Waals surface area contributed by atoms with Crippen LogP contribution < -0.4 is 5.48 Å². The molecule has 0 bridgehead atoms.